The number of carbonyl (C=O) groups is 2. The third-order valence-electron chi connectivity index (χ3n) is 6.31. The Morgan fingerprint density at radius 3 is 2.16 bits per heavy atom. The predicted molar refractivity (Wildman–Crippen MR) is 150 cm³/mol. The molecule has 204 valence electrons. The smallest absolute Gasteiger partial charge is 0.304 e. The summed E-state index contributed by atoms with van der Waals surface area (Å²) < 4.78 is 29.0. The molecule has 2 aromatic rings. The Hall–Kier alpha value is -2.62. The lowest BCUT2D eigenvalue weighted by molar-refractivity contribution is -0.140. The molecule has 0 radical (unpaired) electrons. The number of aryl methyl sites for hydroxylation is 2. The van der Waals surface area contributed by atoms with Crippen LogP contribution >= 0.6 is 11.6 Å². The molecule has 0 saturated heterocycles. The average Bonchev–Trinajstić information content (AvgIpc) is 2.84. The molecule has 10 heteroatoms. The van der Waals surface area contributed by atoms with Crippen molar-refractivity contribution in [1.82, 2.24) is 14.5 Å². The molecule has 2 aromatic carbocycles. The summed E-state index contributed by atoms with van der Waals surface area (Å²) in [7, 11) is -1.16. The number of hydrogen-bond donors (Lipinski definition) is 1. The standard InChI is InChI=1S/C27H39ClN4O4S/c1-8-21(5)29-27(34)24(9-2)31(17-22-12-14-23(28)15-13-22)26(33)18-32(37(35,36)30(6)7)25-16-19(3)10-11-20(25)4/h10-16,21,24H,8-9,17-18H2,1-7H3,(H,29,34). The van der Waals surface area contributed by atoms with Gasteiger partial charge in [0.25, 0.3) is 0 Å². The van der Waals surface area contributed by atoms with Gasteiger partial charge in [-0.3, -0.25) is 9.59 Å². The molecule has 2 atom stereocenters. The van der Waals surface area contributed by atoms with Gasteiger partial charge in [-0.15, -0.1) is 0 Å². The van der Waals surface area contributed by atoms with Gasteiger partial charge in [0.05, 0.1) is 5.69 Å². The zero-order valence-electron chi connectivity index (χ0n) is 22.8. The van der Waals surface area contributed by atoms with Gasteiger partial charge in [-0.1, -0.05) is 49.7 Å². The van der Waals surface area contributed by atoms with Crippen molar-refractivity contribution in [2.24, 2.45) is 0 Å². The fourth-order valence-corrected chi connectivity index (χ4v) is 5.08. The highest BCUT2D eigenvalue weighted by Crippen LogP contribution is 2.26. The van der Waals surface area contributed by atoms with Crippen molar-refractivity contribution in [2.45, 2.75) is 66.1 Å². The minimum Gasteiger partial charge on any atom is -0.352 e. The summed E-state index contributed by atoms with van der Waals surface area (Å²) in [4.78, 5) is 28.6. The molecule has 8 nitrogen and oxygen atoms in total. The van der Waals surface area contributed by atoms with Crippen molar-refractivity contribution in [3.63, 3.8) is 0 Å². The van der Waals surface area contributed by atoms with E-state index in [1.165, 1.54) is 19.0 Å². The van der Waals surface area contributed by atoms with Gasteiger partial charge in [0, 0.05) is 31.7 Å². The molecule has 0 heterocycles. The maximum absolute atomic E-state index is 13.9. The Morgan fingerprint density at radius 1 is 1.00 bits per heavy atom. The third-order valence-corrected chi connectivity index (χ3v) is 8.36. The van der Waals surface area contributed by atoms with E-state index in [1.54, 1.807) is 37.3 Å². The number of rotatable bonds is 12. The van der Waals surface area contributed by atoms with Crippen molar-refractivity contribution in [3.05, 3.63) is 64.2 Å². The molecule has 0 bridgehead atoms. The van der Waals surface area contributed by atoms with Crippen LogP contribution in [0, 0.1) is 13.8 Å². The lowest BCUT2D eigenvalue weighted by atomic mass is 10.1. The lowest BCUT2D eigenvalue weighted by Gasteiger charge is -2.34. The van der Waals surface area contributed by atoms with Gasteiger partial charge >= 0.3 is 10.2 Å². The first-order valence-corrected chi connectivity index (χ1v) is 14.2. The molecule has 1 N–H and O–H groups in total. The van der Waals surface area contributed by atoms with Gasteiger partial charge in [-0.2, -0.15) is 12.7 Å². The zero-order chi connectivity index (χ0) is 27.9. The van der Waals surface area contributed by atoms with Crippen molar-refractivity contribution >= 4 is 39.3 Å². The van der Waals surface area contributed by atoms with Crippen molar-refractivity contribution < 1.29 is 18.0 Å². The van der Waals surface area contributed by atoms with Crippen LogP contribution in [0.15, 0.2) is 42.5 Å². The quantitative estimate of drug-likeness (QED) is 0.427. The lowest BCUT2D eigenvalue weighted by Crippen LogP contribution is -2.54. The summed E-state index contributed by atoms with van der Waals surface area (Å²) in [5, 5.41) is 3.52. The van der Waals surface area contributed by atoms with Gasteiger partial charge in [0.1, 0.15) is 12.6 Å². The number of hydrogen-bond acceptors (Lipinski definition) is 4. The van der Waals surface area contributed by atoms with E-state index in [9.17, 15) is 18.0 Å². The highest BCUT2D eigenvalue weighted by Gasteiger charge is 2.34. The second-order valence-corrected chi connectivity index (χ2v) is 12.0. The van der Waals surface area contributed by atoms with Gasteiger partial charge in [0.2, 0.25) is 11.8 Å². The van der Waals surface area contributed by atoms with Crippen LogP contribution in [0.5, 0.6) is 0 Å². The van der Waals surface area contributed by atoms with Crippen LogP contribution in [0.25, 0.3) is 0 Å². The highest BCUT2D eigenvalue weighted by molar-refractivity contribution is 7.90. The largest absolute Gasteiger partial charge is 0.352 e. The molecular weight excluding hydrogens is 512 g/mol. The first kappa shape index (κ1) is 30.6. The number of nitrogens with one attached hydrogen (secondary N) is 1. The van der Waals surface area contributed by atoms with E-state index < -0.39 is 28.7 Å². The molecule has 0 fully saturated rings. The maximum atomic E-state index is 13.9. The Labute approximate surface area is 226 Å². The topological polar surface area (TPSA) is 90.0 Å². The molecule has 2 amide bonds. The first-order chi connectivity index (χ1) is 17.3. The summed E-state index contributed by atoms with van der Waals surface area (Å²) >= 11 is 6.05. The van der Waals surface area contributed by atoms with E-state index in [0.717, 1.165) is 31.7 Å². The van der Waals surface area contributed by atoms with E-state index in [1.807, 2.05) is 39.8 Å². The third kappa shape index (κ3) is 7.93. The normalized spacial score (nSPS) is 13.2. The molecule has 0 aliphatic heterocycles. The monoisotopic (exact) mass is 550 g/mol. The molecule has 0 aliphatic rings. The van der Waals surface area contributed by atoms with E-state index in [0.29, 0.717) is 17.1 Å². The fraction of sp³-hybridized carbons (Fsp3) is 0.481. The van der Waals surface area contributed by atoms with Crippen molar-refractivity contribution in [1.29, 1.82) is 0 Å². The molecule has 2 unspecified atom stereocenters. The zero-order valence-corrected chi connectivity index (χ0v) is 24.4. The van der Waals surface area contributed by atoms with E-state index in [4.69, 9.17) is 11.6 Å². The van der Waals surface area contributed by atoms with Crippen LogP contribution in [0.3, 0.4) is 0 Å². The number of amides is 2. The molecule has 2 rings (SSSR count). The Bertz CT molecular complexity index is 1190. The first-order valence-electron chi connectivity index (χ1n) is 12.4. The Balaban J connectivity index is 2.55. The summed E-state index contributed by atoms with van der Waals surface area (Å²) in [6.07, 6.45) is 1.11. The number of carbonyl (C=O) groups excluding carboxylic acids is 2. The molecule has 0 spiro atoms. The second-order valence-electron chi connectivity index (χ2n) is 9.48. The highest BCUT2D eigenvalue weighted by atomic mass is 35.5. The summed E-state index contributed by atoms with van der Waals surface area (Å²) in [6, 6.07) is 11.7. The Morgan fingerprint density at radius 2 is 1.62 bits per heavy atom. The number of anilines is 1. The second kappa shape index (κ2) is 13.3. The molecule has 0 saturated carbocycles. The maximum Gasteiger partial charge on any atom is 0.304 e. The molecular formula is C27H39ClN4O4S. The fourth-order valence-electron chi connectivity index (χ4n) is 3.84. The number of benzene rings is 2. The summed E-state index contributed by atoms with van der Waals surface area (Å²) in [5.41, 5.74) is 2.78. The van der Waals surface area contributed by atoms with Gasteiger partial charge in [-0.25, -0.2) is 4.31 Å². The van der Waals surface area contributed by atoms with Crippen LogP contribution in [0.2, 0.25) is 5.02 Å². The van der Waals surface area contributed by atoms with Crippen molar-refractivity contribution in [2.75, 3.05) is 24.9 Å². The van der Waals surface area contributed by atoms with Crippen molar-refractivity contribution in [3.8, 4) is 0 Å². The van der Waals surface area contributed by atoms with Crippen LogP contribution in [-0.4, -0.2) is 62.2 Å². The summed E-state index contributed by atoms with van der Waals surface area (Å²) in [5.74, 6) is -0.750. The van der Waals surface area contributed by atoms with E-state index >= 15 is 0 Å². The molecule has 0 aliphatic carbocycles. The SMILES string of the molecule is CCC(C)NC(=O)C(CC)N(Cc1ccc(Cl)cc1)C(=O)CN(c1cc(C)ccc1C)S(=O)(=O)N(C)C. The minimum atomic E-state index is -4.01. The number of halogens is 1. The minimum absolute atomic E-state index is 0.0606. The van der Waals surface area contributed by atoms with Crippen LogP contribution in [0.4, 0.5) is 5.69 Å². The van der Waals surface area contributed by atoms with Crippen LogP contribution in [-0.2, 0) is 26.3 Å². The molecule has 37 heavy (non-hydrogen) atoms. The Kier molecular flexibility index (Phi) is 11.0. The average molecular weight is 551 g/mol. The van der Waals surface area contributed by atoms with E-state index in [-0.39, 0.29) is 18.5 Å². The predicted octanol–water partition coefficient (Wildman–Crippen LogP) is 4.29. The summed E-state index contributed by atoms with van der Waals surface area (Å²) in [6.45, 7) is 9.05. The van der Waals surface area contributed by atoms with E-state index in [2.05, 4.69) is 5.32 Å². The van der Waals surface area contributed by atoms with Gasteiger partial charge < -0.3 is 10.2 Å². The molecule has 0 aromatic heterocycles. The van der Waals surface area contributed by atoms with Crippen LogP contribution in [0.1, 0.15) is 50.3 Å². The van der Waals surface area contributed by atoms with Gasteiger partial charge in [0.15, 0.2) is 0 Å². The number of nitrogens with zero attached hydrogens (tertiary/aromatic N) is 3. The van der Waals surface area contributed by atoms with Crippen LogP contribution < -0.4 is 9.62 Å². The van der Waals surface area contributed by atoms with Gasteiger partial charge in [-0.05, 0) is 68.5 Å².